The van der Waals surface area contributed by atoms with Crippen LogP contribution in [-0.2, 0) is 0 Å². The first-order chi connectivity index (χ1) is 3.98. The van der Waals surface area contributed by atoms with E-state index in [0.29, 0.717) is 0 Å². The van der Waals surface area contributed by atoms with Gasteiger partial charge in [-0.15, -0.1) is 0 Å². The molecule has 0 radical (unpaired) electrons. The van der Waals surface area contributed by atoms with Gasteiger partial charge in [0.1, 0.15) is 7.85 Å². The molecule has 0 saturated carbocycles. The largest absolute Gasteiger partial charge is 0.487 e. The van der Waals surface area contributed by atoms with Crippen molar-refractivity contribution in [3.05, 3.63) is 0 Å². The topological polar surface area (TPSA) is 32.3 Å². The Labute approximate surface area is 62.1 Å². The van der Waals surface area contributed by atoms with Crippen LogP contribution in [0.25, 0.3) is 0 Å². The Kier molecular flexibility index (Phi) is 2.98. The van der Waals surface area contributed by atoms with Crippen LogP contribution in [0.2, 0.25) is 0 Å². The van der Waals surface area contributed by atoms with E-state index in [1.807, 2.05) is 21.7 Å². The van der Waals surface area contributed by atoms with Crippen LogP contribution < -0.4 is 5.32 Å². The van der Waals surface area contributed by atoms with Gasteiger partial charge in [-0.05, 0) is 25.6 Å². The molecule has 0 heterocycles. The van der Waals surface area contributed by atoms with Gasteiger partial charge < -0.3 is 10.4 Å². The Bertz CT molecular complexity index is 116. The summed E-state index contributed by atoms with van der Waals surface area (Å²) in [6, 6.07) is 0. The van der Waals surface area contributed by atoms with Gasteiger partial charge in [-0.2, -0.15) is 0 Å². The quantitative estimate of drug-likeness (QED) is 0.429. The normalized spacial score (nSPS) is 16.2. The molecule has 0 bridgehead atoms. The second kappa shape index (κ2) is 3.06. The maximum Gasteiger partial charge on any atom is 0.253 e. The number of hydrogen-bond donors (Lipinski definition) is 2. The summed E-state index contributed by atoms with van der Waals surface area (Å²) < 4.78 is 0. The Morgan fingerprint density at radius 3 is 2.44 bits per heavy atom. The van der Waals surface area contributed by atoms with E-state index in [-0.39, 0.29) is 10.6 Å². The second-order valence-corrected chi connectivity index (χ2v) is 3.05. The lowest BCUT2D eigenvalue weighted by Gasteiger charge is -2.23. The fourth-order valence-corrected chi connectivity index (χ4v) is 0.654. The molecule has 4 heteroatoms. The van der Waals surface area contributed by atoms with Crippen molar-refractivity contribution in [1.82, 2.24) is 5.32 Å². The summed E-state index contributed by atoms with van der Waals surface area (Å²) in [5, 5.41) is 11.3. The lowest BCUT2D eigenvalue weighted by atomic mass is 9.78. The average Bonchev–Trinajstić information content (AvgIpc) is 1.63. The van der Waals surface area contributed by atoms with Crippen molar-refractivity contribution in [2.24, 2.45) is 0 Å². The lowest BCUT2D eigenvalue weighted by Crippen LogP contribution is -2.45. The van der Waals surface area contributed by atoms with Crippen molar-refractivity contribution < 1.29 is 5.11 Å². The molecule has 1 atom stereocenters. The van der Waals surface area contributed by atoms with Crippen molar-refractivity contribution in [2.75, 3.05) is 0 Å². The van der Waals surface area contributed by atoms with E-state index in [2.05, 4.69) is 17.5 Å². The molecule has 2 nitrogen and oxygen atoms in total. The number of rotatable bonds is 2. The zero-order chi connectivity index (χ0) is 7.49. The molecule has 0 aliphatic rings. The maximum atomic E-state index is 8.64. The molecule has 0 amide bonds. The fourth-order valence-electron chi connectivity index (χ4n) is 0.378. The van der Waals surface area contributed by atoms with Gasteiger partial charge in [0.15, 0.2) is 0 Å². The van der Waals surface area contributed by atoms with Crippen LogP contribution in [0.3, 0.4) is 0 Å². The smallest absolute Gasteiger partial charge is 0.253 e. The summed E-state index contributed by atoms with van der Waals surface area (Å²) in [7, 11) is 1.98. The predicted molar refractivity (Wildman–Crippen MR) is 45.6 cm³/mol. The number of aliphatic hydroxyl groups excluding tert-OH is 1. The highest BCUT2D eigenvalue weighted by molar-refractivity contribution is 7.79. The van der Waals surface area contributed by atoms with E-state index in [0.717, 1.165) is 6.42 Å². The Hall–Kier alpha value is -0.245. The molecular formula is C5H12BNOS. The summed E-state index contributed by atoms with van der Waals surface area (Å²) in [5.74, 6) is 0. The Morgan fingerprint density at radius 1 is 1.89 bits per heavy atom. The van der Waals surface area contributed by atoms with Gasteiger partial charge in [0.2, 0.25) is 0 Å². The van der Waals surface area contributed by atoms with Crippen LogP contribution >= 0.6 is 12.2 Å². The molecule has 0 fully saturated rings. The van der Waals surface area contributed by atoms with Crippen molar-refractivity contribution in [3.8, 4) is 0 Å². The molecule has 0 aromatic carbocycles. The maximum absolute atomic E-state index is 8.64. The van der Waals surface area contributed by atoms with E-state index in [4.69, 9.17) is 5.11 Å². The van der Waals surface area contributed by atoms with E-state index in [1.165, 1.54) is 0 Å². The molecule has 0 spiro atoms. The van der Waals surface area contributed by atoms with Crippen molar-refractivity contribution in [2.45, 2.75) is 25.7 Å². The molecule has 0 aliphatic heterocycles. The van der Waals surface area contributed by atoms with Gasteiger partial charge in [-0.3, -0.25) is 0 Å². The van der Waals surface area contributed by atoms with Gasteiger partial charge in [-0.25, -0.2) is 0 Å². The highest BCUT2D eigenvalue weighted by atomic mass is 32.1. The van der Waals surface area contributed by atoms with E-state index >= 15 is 0 Å². The van der Waals surface area contributed by atoms with Crippen LogP contribution in [0.4, 0.5) is 0 Å². The standard InChI is InChI=1S/C5H12BNOS/c1-3-5(2,6)7-4(8)9/h3,6H2,1-2H3,(H2,7,8,9). The molecule has 0 aromatic heterocycles. The molecule has 9 heavy (non-hydrogen) atoms. The third-order valence-corrected chi connectivity index (χ3v) is 1.43. The second-order valence-electron chi connectivity index (χ2n) is 2.67. The van der Waals surface area contributed by atoms with Crippen LogP contribution in [0, 0.1) is 0 Å². The summed E-state index contributed by atoms with van der Waals surface area (Å²) >= 11 is 4.45. The average molecular weight is 145 g/mol. The molecule has 0 aromatic rings. The lowest BCUT2D eigenvalue weighted by molar-refractivity contribution is 0.474. The van der Waals surface area contributed by atoms with Gasteiger partial charge in [0, 0.05) is 5.44 Å². The molecule has 0 rings (SSSR count). The minimum Gasteiger partial charge on any atom is -0.487 e. The SMILES string of the molecule is BC(C)(CC)NC(O)=S. The fraction of sp³-hybridized carbons (Fsp3) is 0.800. The van der Waals surface area contributed by atoms with Crippen LogP contribution in [0.15, 0.2) is 0 Å². The molecule has 2 N–H and O–H groups in total. The first-order valence-corrected chi connectivity index (χ1v) is 3.40. The molecule has 0 aliphatic carbocycles. The summed E-state index contributed by atoms with van der Waals surface area (Å²) in [5.41, 5.74) is -0.0775. The zero-order valence-electron chi connectivity index (χ0n) is 6.06. The molecule has 1 unspecified atom stereocenters. The minimum atomic E-state index is -0.123. The number of aliphatic hydroxyl groups is 1. The summed E-state index contributed by atoms with van der Waals surface area (Å²) in [6.07, 6.45) is 0.938. The highest BCUT2D eigenvalue weighted by Gasteiger charge is 2.14. The number of hydrogen-bond acceptors (Lipinski definition) is 1. The first kappa shape index (κ1) is 8.75. The monoisotopic (exact) mass is 145 g/mol. The van der Waals surface area contributed by atoms with Crippen LogP contribution in [-0.4, -0.2) is 23.6 Å². The van der Waals surface area contributed by atoms with E-state index in [9.17, 15) is 0 Å². The Balaban J connectivity index is 3.71. The zero-order valence-corrected chi connectivity index (χ0v) is 6.88. The first-order valence-electron chi connectivity index (χ1n) is 2.99. The van der Waals surface area contributed by atoms with Crippen LogP contribution in [0.1, 0.15) is 20.3 Å². The Morgan fingerprint density at radius 2 is 2.33 bits per heavy atom. The van der Waals surface area contributed by atoms with Crippen molar-refractivity contribution in [1.29, 1.82) is 0 Å². The van der Waals surface area contributed by atoms with Gasteiger partial charge in [0.05, 0.1) is 0 Å². The van der Waals surface area contributed by atoms with Crippen molar-refractivity contribution in [3.63, 3.8) is 0 Å². The molecule has 52 valence electrons. The van der Waals surface area contributed by atoms with Gasteiger partial charge in [-0.1, -0.05) is 6.92 Å². The number of thiocarbonyl (C=S) groups is 1. The van der Waals surface area contributed by atoms with Crippen molar-refractivity contribution >= 4 is 25.2 Å². The van der Waals surface area contributed by atoms with Gasteiger partial charge in [0.25, 0.3) is 5.17 Å². The summed E-state index contributed by atoms with van der Waals surface area (Å²) in [4.78, 5) is 0. The van der Waals surface area contributed by atoms with Gasteiger partial charge >= 0.3 is 0 Å². The third-order valence-electron chi connectivity index (χ3n) is 1.33. The minimum absolute atomic E-state index is 0.0775. The van der Waals surface area contributed by atoms with Crippen LogP contribution in [0.5, 0.6) is 0 Å². The predicted octanol–water partition coefficient (Wildman–Crippen LogP) is 0.178. The van der Waals surface area contributed by atoms with E-state index in [1.54, 1.807) is 0 Å². The summed E-state index contributed by atoms with van der Waals surface area (Å²) in [6.45, 7) is 4.01. The molecule has 0 saturated heterocycles. The third kappa shape index (κ3) is 4.27. The highest BCUT2D eigenvalue weighted by Crippen LogP contribution is 2.01. The van der Waals surface area contributed by atoms with E-state index < -0.39 is 0 Å². The molecular weight excluding hydrogens is 133 g/mol. The number of nitrogens with one attached hydrogen (secondary N) is 1.